The van der Waals surface area contributed by atoms with Crippen molar-refractivity contribution in [2.24, 2.45) is 17.8 Å². The topological polar surface area (TPSA) is 83.9 Å². The number of likely N-dealkylation sites (tertiary alicyclic amines) is 1. The highest BCUT2D eigenvalue weighted by atomic mass is 16.5. The van der Waals surface area contributed by atoms with Gasteiger partial charge >= 0.3 is 5.97 Å². The number of aliphatic hydroxyl groups excluding tert-OH is 1. The molecule has 1 aliphatic rings. The van der Waals surface area contributed by atoms with Gasteiger partial charge < -0.3 is 14.7 Å². The Morgan fingerprint density at radius 2 is 1.62 bits per heavy atom. The molecule has 0 aliphatic carbocycles. The summed E-state index contributed by atoms with van der Waals surface area (Å²) in [5.41, 5.74) is 1.46. The molecule has 3 rings (SSSR count). The highest BCUT2D eigenvalue weighted by Gasteiger charge is 2.54. The van der Waals surface area contributed by atoms with Crippen LogP contribution in [0.1, 0.15) is 43.1 Å². The summed E-state index contributed by atoms with van der Waals surface area (Å²) >= 11 is 0. The maximum absolute atomic E-state index is 13.6. The molecule has 0 unspecified atom stereocenters. The second kappa shape index (κ2) is 10.6. The normalized spacial score (nSPS) is 21.6. The van der Waals surface area contributed by atoms with E-state index in [2.05, 4.69) is 0 Å². The molecule has 0 spiro atoms. The molecule has 4 atom stereocenters. The predicted octanol–water partition coefficient (Wildman–Crippen LogP) is 3.48. The smallest absolute Gasteiger partial charge is 0.335 e. The zero-order valence-corrected chi connectivity index (χ0v) is 18.8. The van der Waals surface area contributed by atoms with Crippen LogP contribution < -0.4 is 0 Å². The van der Waals surface area contributed by atoms with Crippen LogP contribution in [-0.4, -0.2) is 46.4 Å². The van der Waals surface area contributed by atoms with E-state index in [0.717, 1.165) is 5.56 Å². The molecular formula is C26H31NO5. The molecular weight excluding hydrogens is 406 g/mol. The van der Waals surface area contributed by atoms with Gasteiger partial charge in [-0.3, -0.25) is 9.59 Å². The lowest BCUT2D eigenvalue weighted by Crippen LogP contribution is -2.45. The molecule has 6 heteroatoms. The van der Waals surface area contributed by atoms with Crippen molar-refractivity contribution in [2.75, 3.05) is 6.61 Å². The number of ketones is 1. The van der Waals surface area contributed by atoms with Gasteiger partial charge in [-0.15, -0.1) is 0 Å². The monoisotopic (exact) mass is 437 g/mol. The predicted molar refractivity (Wildman–Crippen MR) is 121 cm³/mol. The first-order chi connectivity index (χ1) is 15.3. The van der Waals surface area contributed by atoms with Crippen LogP contribution >= 0.6 is 0 Å². The molecule has 2 aromatic rings. The Labute approximate surface area is 189 Å². The average molecular weight is 438 g/mol. The summed E-state index contributed by atoms with van der Waals surface area (Å²) in [5.74, 6) is -2.74. The van der Waals surface area contributed by atoms with E-state index in [4.69, 9.17) is 4.74 Å². The molecule has 1 amide bonds. The van der Waals surface area contributed by atoms with Crippen molar-refractivity contribution in [1.82, 2.24) is 4.90 Å². The summed E-state index contributed by atoms with van der Waals surface area (Å²) in [6.07, 6.45) is -1.56. The van der Waals surface area contributed by atoms with Crippen LogP contribution in [0.4, 0.5) is 0 Å². The molecule has 0 bridgehead atoms. The zero-order valence-electron chi connectivity index (χ0n) is 18.8. The van der Waals surface area contributed by atoms with Crippen LogP contribution in [0.25, 0.3) is 0 Å². The van der Waals surface area contributed by atoms with E-state index < -0.39 is 30.0 Å². The van der Waals surface area contributed by atoms with Gasteiger partial charge in [0.05, 0.1) is 12.5 Å². The Hall–Kier alpha value is -2.99. The number of carbonyl (C=O) groups excluding carboxylic acids is 3. The standard InChI is InChI=1S/C26H31NO5/c1-4-32-26(31)24(29)22-20(15-21(28)19-13-9-6-10-14-19)25(30)27(23(22)17(2)3)16-18-11-7-5-8-12-18/h5-14,17,20,22-24,29H,4,15-16H2,1-3H3/t20-,22+,23-,24-/m0/s1. The van der Waals surface area contributed by atoms with Crippen molar-refractivity contribution in [3.05, 3.63) is 71.8 Å². The van der Waals surface area contributed by atoms with Gasteiger partial charge in [0.25, 0.3) is 0 Å². The fourth-order valence-corrected chi connectivity index (χ4v) is 4.69. The highest BCUT2D eigenvalue weighted by molar-refractivity contribution is 5.99. The van der Waals surface area contributed by atoms with Crippen molar-refractivity contribution in [2.45, 2.75) is 45.9 Å². The first-order valence-corrected chi connectivity index (χ1v) is 11.1. The Morgan fingerprint density at radius 1 is 1.03 bits per heavy atom. The second-order valence-corrected chi connectivity index (χ2v) is 8.56. The minimum atomic E-state index is -1.49. The van der Waals surface area contributed by atoms with E-state index in [1.807, 2.05) is 50.2 Å². The maximum atomic E-state index is 13.6. The van der Waals surface area contributed by atoms with Crippen LogP contribution in [0, 0.1) is 17.8 Å². The number of amides is 1. The van der Waals surface area contributed by atoms with Gasteiger partial charge in [-0.1, -0.05) is 74.5 Å². The number of ether oxygens (including phenoxy) is 1. The lowest BCUT2D eigenvalue weighted by molar-refractivity contribution is -0.158. The molecule has 6 nitrogen and oxygen atoms in total. The number of esters is 1. The average Bonchev–Trinajstić information content (AvgIpc) is 3.06. The van der Waals surface area contributed by atoms with Crippen LogP contribution in [0.3, 0.4) is 0 Å². The van der Waals surface area contributed by atoms with Gasteiger partial charge in [-0.25, -0.2) is 4.79 Å². The number of carbonyl (C=O) groups is 3. The fraction of sp³-hybridized carbons (Fsp3) is 0.423. The van der Waals surface area contributed by atoms with Crippen LogP contribution in [0.2, 0.25) is 0 Å². The Bertz CT molecular complexity index is 928. The summed E-state index contributed by atoms with van der Waals surface area (Å²) in [6, 6.07) is 18.0. The molecule has 1 N–H and O–H groups in total. The van der Waals surface area contributed by atoms with Crippen molar-refractivity contribution < 1.29 is 24.2 Å². The van der Waals surface area contributed by atoms with Gasteiger partial charge in [0.1, 0.15) is 0 Å². The number of rotatable bonds is 9. The first kappa shape index (κ1) is 23.7. The Balaban J connectivity index is 1.97. The van der Waals surface area contributed by atoms with Crippen LogP contribution in [-0.2, 0) is 20.9 Å². The first-order valence-electron chi connectivity index (χ1n) is 11.1. The van der Waals surface area contributed by atoms with E-state index in [0.29, 0.717) is 12.1 Å². The number of aliphatic hydroxyl groups is 1. The van der Waals surface area contributed by atoms with Gasteiger partial charge in [-0.05, 0) is 18.4 Å². The van der Waals surface area contributed by atoms with Crippen molar-refractivity contribution in [3.63, 3.8) is 0 Å². The molecule has 170 valence electrons. The third-order valence-electron chi connectivity index (χ3n) is 6.09. The van der Waals surface area contributed by atoms with Gasteiger partial charge in [0.2, 0.25) is 5.91 Å². The summed E-state index contributed by atoms with van der Waals surface area (Å²) in [4.78, 5) is 40.8. The molecule has 1 fully saturated rings. The van der Waals surface area contributed by atoms with Crippen LogP contribution in [0.15, 0.2) is 60.7 Å². The van der Waals surface area contributed by atoms with Gasteiger partial charge in [0.15, 0.2) is 11.9 Å². The number of benzene rings is 2. The minimum Gasteiger partial charge on any atom is -0.464 e. The molecule has 32 heavy (non-hydrogen) atoms. The molecule has 0 radical (unpaired) electrons. The van der Waals surface area contributed by atoms with E-state index in [1.54, 1.807) is 36.1 Å². The number of Topliss-reactive ketones (excluding diaryl/α,β-unsaturated/α-hetero) is 1. The van der Waals surface area contributed by atoms with Crippen LogP contribution in [0.5, 0.6) is 0 Å². The maximum Gasteiger partial charge on any atom is 0.335 e. The van der Waals surface area contributed by atoms with Gasteiger partial charge in [0, 0.05) is 30.5 Å². The van der Waals surface area contributed by atoms with E-state index in [9.17, 15) is 19.5 Å². The SMILES string of the molecule is CCOC(=O)[C@@H](O)[C@@H]1[C@H](CC(=O)c2ccccc2)C(=O)N(Cc2ccccc2)[C@H]1C(C)C. The zero-order chi connectivity index (χ0) is 23.3. The molecule has 1 saturated heterocycles. The lowest BCUT2D eigenvalue weighted by Gasteiger charge is -2.33. The fourth-order valence-electron chi connectivity index (χ4n) is 4.69. The summed E-state index contributed by atoms with van der Waals surface area (Å²) < 4.78 is 5.07. The number of nitrogens with zero attached hydrogens (tertiary/aromatic N) is 1. The molecule has 2 aromatic carbocycles. The van der Waals surface area contributed by atoms with Gasteiger partial charge in [-0.2, -0.15) is 0 Å². The van der Waals surface area contributed by atoms with Crippen molar-refractivity contribution in [1.29, 1.82) is 0 Å². The van der Waals surface area contributed by atoms with Crippen molar-refractivity contribution in [3.8, 4) is 0 Å². The summed E-state index contributed by atoms with van der Waals surface area (Å²) in [5, 5.41) is 11.0. The largest absolute Gasteiger partial charge is 0.464 e. The lowest BCUT2D eigenvalue weighted by atomic mass is 9.78. The molecule has 1 aliphatic heterocycles. The molecule has 1 heterocycles. The number of hydrogen-bond acceptors (Lipinski definition) is 5. The minimum absolute atomic E-state index is 0.0337. The molecule has 0 saturated carbocycles. The number of hydrogen-bond donors (Lipinski definition) is 1. The van der Waals surface area contributed by atoms with Crippen molar-refractivity contribution >= 4 is 17.7 Å². The quantitative estimate of drug-likeness (QED) is 0.480. The van der Waals surface area contributed by atoms with E-state index >= 15 is 0 Å². The van der Waals surface area contributed by atoms with E-state index in [1.165, 1.54) is 0 Å². The third-order valence-corrected chi connectivity index (χ3v) is 6.09. The second-order valence-electron chi connectivity index (χ2n) is 8.56. The Morgan fingerprint density at radius 3 is 2.19 bits per heavy atom. The Kier molecular flexibility index (Phi) is 7.80. The third kappa shape index (κ3) is 5.07. The summed E-state index contributed by atoms with van der Waals surface area (Å²) in [6.45, 7) is 6.07. The molecule has 0 aromatic heterocycles. The summed E-state index contributed by atoms with van der Waals surface area (Å²) in [7, 11) is 0. The highest BCUT2D eigenvalue weighted by Crippen LogP contribution is 2.41. The van der Waals surface area contributed by atoms with E-state index in [-0.39, 0.29) is 30.6 Å².